The van der Waals surface area contributed by atoms with Gasteiger partial charge >= 0.3 is 14.5 Å². The molecular formula is C11H22O4Si. The molecule has 0 fully saturated rings. The van der Waals surface area contributed by atoms with Crippen LogP contribution >= 0.6 is 0 Å². The van der Waals surface area contributed by atoms with Gasteiger partial charge in [-0.15, -0.1) is 0 Å². The van der Waals surface area contributed by atoms with E-state index in [1.807, 2.05) is 0 Å². The van der Waals surface area contributed by atoms with Gasteiger partial charge in [-0.2, -0.15) is 0 Å². The fourth-order valence-corrected chi connectivity index (χ4v) is 3.57. The van der Waals surface area contributed by atoms with E-state index in [2.05, 4.69) is 13.5 Å². The van der Waals surface area contributed by atoms with E-state index in [1.54, 1.807) is 21.1 Å². The van der Waals surface area contributed by atoms with Gasteiger partial charge in [-0.1, -0.05) is 13.5 Å². The van der Waals surface area contributed by atoms with Gasteiger partial charge < -0.3 is 13.6 Å². The van der Waals surface area contributed by atoms with Gasteiger partial charge in [0.05, 0.1) is 6.61 Å². The Hall–Kier alpha value is -0.653. The van der Waals surface area contributed by atoms with Crippen LogP contribution in [-0.4, -0.2) is 35.4 Å². The van der Waals surface area contributed by atoms with Crippen molar-refractivity contribution < 1.29 is 18.4 Å². The maximum atomic E-state index is 11.1. The third-order valence-electron chi connectivity index (χ3n) is 2.57. The number of esters is 1. The molecule has 0 bridgehead atoms. The number of carbonyl (C=O) groups excluding carboxylic acids is 1. The van der Waals surface area contributed by atoms with Gasteiger partial charge in [0.15, 0.2) is 0 Å². The molecule has 0 aromatic carbocycles. The smallest absolute Gasteiger partial charge is 0.337 e. The SMILES string of the molecule is C=C(C)C(=O)OCCC[Si](CC)(OC)OC. The molecule has 0 aromatic heterocycles. The highest BCUT2D eigenvalue weighted by Crippen LogP contribution is 2.18. The summed E-state index contributed by atoms with van der Waals surface area (Å²) in [5.74, 6) is -0.335. The van der Waals surface area contributed by atoms with E-state index < -0.39 is 8.56 Å². The normalized spacial score (nSPS) is 11.2. The summed E-state index contributed by atoms with van der Waals surface area (Å²) in [5, 5.41) is 0. The van der Waals surface area contributed by atoms with Crippen LogP contribution in [0.3, 0.4) is 0 Å². The van der Waals surface area contributed by atoms with Crippen LogP contribution in [0.5, 0.6) is 0 Å². The highest BCUT2D eigenvalue weighted by molar-refractivity contribution is 6.67. The molecule has 0 atom stereocenters. The summed E-state index contributed by atoms with van der Waals surface area (Å²) in [7, 11) is 1.33. The fourth-order valence-electron chi connectivity index (χ4n) is 1.38. The van der Waals surface area contributed by atoms with Gasteiger partial charge in [-0.05, 0) is 25.4 Å². The van der Waals surface area contributed by atoms with Crippen molar-refractivity contribution >= 4 is 14.5 Å². The zero-order chi connectivity index (χ0) is 12.6. The molecule has 94 valence electrons. The first-order valence-electron chi connectivity index (χ1n) is 5.44. The molecule has 0 aromatic rings. The zero-order valence-corrected chi connectivity index (χ0v) is 11.7. The molecule has 0 amide bonds. The number of rotatable bonds is 8. The molecular weight excluding hydrogens is 224 g/mol. The molecule has 0 aliphatic rings. The van der Waals surface area contributed by atoms with Crippen LogP contribution in [0.15, 0.2) is 12.2 Å². The van der Waals surface area contributed by atoms with Crippen molar-refractivity contribution in [1.82, 2.24) is 0 Å². The lowest BCUT2D eigenvalue weighted by molar-refractivity contribution is -0.138. The monoisotopic (exact) mass is 246 g/mol. The molecule has 4 nitrogen and oxygen atoms in total. The van der Waals surface area contributed by atoms with Crippen molar-refractivity contribution in [2.45, 2.75) is 32.4 Å². The van der Waals surface area contributed by atoms with Gasteiger partial charge in [-0.25, -0.2) is 4.79 Å². The van der Waals surface area contributed by atoms with Crippen LogP contribution in [0, 0.1) is 0 Å². The lowest BCUT2D eigenvalue weighted by Gasteiger charge is -2.25. The quantitative estimate of drug-likeness (QED) is 0.285. The summed E-state index contributed by atoms with van der Waals surface area (Å²) in [5.41, 5.74) is 0.428. The Morgan fingerprint density at radius 2 is 1.88 bits per heavy atom. The summed E-state index contributed by atoms with van der Waals surface area (Å²) < 4.78 is 15.9. The standard InChI is InChI=1S/C11H22O4Si/c1-6-16(13-4,14-5)9-7-8-15-11(12)10(2)3/h2,6-9H2,1,3-5H3. The molecule has 0 saturated heterocycles. The largest absolute Gasteiger partial charge is 0.462 e. The van der Waals surface area contributed by atoms with E-state index in [-0.39, 0.29) is 5.97 Å². The number of carbonyl (C=O) groups is 1. The minimum Gasteiger partial charge on any atom is -0.462 e. The molecule has 0 spiro atoms. The van der Waals surface area contributed by atoms with E-state index >= 15 is 0 Å². The molecule has 0 unspecified atom stereocenters. The fraction of sp³-hybridized carbons (Fsp3) is 0.727. The average molecular weight is 246 g/mol. The van der Waals surface area contributed by atoms with Gasteiger partial charge in [0.1, 0.15) is 0 Å². The van der Waals surface area contributed by atoms with Crippen molar-refractivity contribution in [3.8, 4) is 0 Å². The first-order valence-corrected chi connectivity index (χ1v) is 7.67. The Kier molecular flexibility index (Phi) is 7.28. The lowest BCUT2D eigenvalue weighted by Crippen LogP contribution is -2.39. The number of ether oxygens (including phenoxy) is 1. The Morgan fingerprint density at radius 3 is 2.25 bits per heavy atom. The van der Waals surface area contributed by atoms with E-state index in [0.717, 1.165) is 18.5 Å². The second kappa shape index (κ2) is 7.59. The van der Waals surface area contributed by atoms with Gasteiger partial charge in [0, 0.05) is 19.8 Å². The maximum Gasteiger partial charge on any atom is 0.337 e. The third kappa shape index (κ3) is 4.91. The molecule has 16 heavy (non-hydrogen) atoms. The van der Waals surface area contributed by atoms with Crippen LogP contribution in [0.4, 0.5) is 0 Å². The number of hydrogen-bond donors (Lipinski definition) is 0. The second-order valence-corrected chi connectivity index (χ2v) is 7.54. The van der Waals surface area contributed by atoms with Crippen molar-refractivity contribution in [3.63, 3.8) is 0 Å². The van der Waals surface area contributed by atoms with Crippen molar-refractivity contribution in [3.05, 3.63) is 12.2 Å². The first-order chi connectivity index (χ1) is 7.51. The molecule has 0 N–H and O–H groups in total. The molecule has 0 aliphatic carbocycles. The minimum atomic E-state index is -2.03. The molecule has 0 saturated carbocycles. The molecule has 0 aliphatic heterocycles. The van der Waals surface area contributed by atoms with Crippen molar-refractivity contribution in [1.29, 1.82) is 0 Å². The predicted octanol–water partition coefficient (Wildman–Crippen LogP) is 2.25. The Labute approximate surface area is 98.8 Å². The Bertz CT molecular complexity index is 228. The molecule has 0 heterocycles. The predicted molar refractivity (Wildman–Crippen MR) is 65.5 cm³/mol. The summed E-state index contributed by atoms with van der Waals surface area (Å²) >= 11 is 0. The third-order valence-corrected chi connectivity index (χ3v) is 6.25. The Balaban J connectivity index is 3.88. The van der Waals surface area contributed by atoms with Crippen LogP contribution < -0.4 is 0 Å². The van der Waals surface area contributed by atoms with Crippen LogP contribution in [0.1, 0.15) is 20.3 Å². The van der Waals surface area contributed by atoms with Crippen LogP contribution in [0.2, 0.25) is 12.1 Å². The van der Waals surface area contributed by atoms with E-state index in [9.17, 15) is 4.79 Å². The van der Waals surface area contributed by atoms with E-state index in [4.69, 9.17) is 13.6 Å². The average Bonchev–Trinajstić information content (AvgIpc) is 2.30. The summed E-state index contributed by atoms with van der Waals surface area (Å²) in [6.07, 6.45) is 0.765. The molecule has 5 heteroatoms. The number of hydrogen-bond acceptors (Lipinski definition) is 4. The van der Waals surface area contributed by atoms with Gasteiger partial charge in [0.25, 0.3) is 0 Å². The maximum absolute atomic E-state index is 11.1. The Morgan fingerprint density at radius 1 is 1.31 bits per heavy atom. The van der Waals surface area contributed by atoms with Gasteiger partial charge in [0.2, 0.25) is 0 Å². The summed E-state index contributed by atoms with van der Waals surface area (Å²) in [6.45, 7) is 7.60. The summed E-state index contributed by atoms with van der Waals surface area (Å²) in [6, 6.07) is 1.73. The minimum absolute atomic E-state index is 0.335. The second-order valence-electron chi connectivity index (χ2n) is 3.69. The highest BCUT2D eigenvalue weighted by atomic mass is 28.4. The lowest BCUT2D eigenvalue weighted by atomic mass is 10.4. The molecule has 0 rings (SSSR count). The van der Waals surface area contributed by atoms with E-state index in [0.29, 0.717) is 12.2 Å². The van der Waals surface area contributed by atoms with Crippen LogP contribution in [0.25, 0.3) is 0 Å². The van der Waals surface area contributed by atoms with Crippen molar-refractivity contribution in [2.24, 2.45) is 0 Å². The van der Waals surface area contributed by atoms with Crippen molar-refractivity contribution in [2.75, 3.05) is 20.8 Å². The zero-order valence-electron chi connectivity index (χ0n) is 10.7. The highest BCUT2D eigenvalue weighted by Gasteiger charge is 2.32. The topological polar surface area (TPSA) is 44.8 Å². The molecule has 0 radical (unpaired) electrons. The van der Waals surface area contributed by atoms with E-state index in [1.165, 1.54) is 0 Å². The first kappa shape index (κ1) is 15.3. The van der Waals surface area contributed by atoms with Gasteiger partial charge in [-0.3, -0.25) is 0 Å². The van der Waals surface area contributed by atoms with Crippen LogP contribution in [-0.2, 0) is 18.4 Å². The summed E-state index contributed by atoms with van der Waals surface area (Å²) in [4.78, 5) is 11.1.